The van der Waals surface area contributed by atoms with Crippen LogP contribution in [0.25, 0.3) is 11.0 Å². The van der Waals surface area contributed by atoms with Gasteiger partial charge in [0.2, 0.25) is 0 Å². The van der Waals surface area contributed by atoms with Gasteiger partial charge in [0.15, 0.2) is 0 Å². The summed E-state index contributed by atoms with van der Waals surface area (Å²) in [6.45, 7) is 6.00. The van der Waals surface area contributed by atoms with Crippen molar-refractivity contribution in [3.8, 4) is 0 Å². The van der Waals surface area contributed by atoms with Crippen LogP contribution in [0.3, 0.4) is 0 Å². The molecule has 1 aromatic carbocycles. The Bertz CT molecular complexity index is 844. The Balaban J connectivity index is 1.92. The largest absolute Gasteiger partial charge is 0.444 e. The number of aromatic nitrogens is 2. The van der Waals surface area contributed by atoms with Crippen molar-refractivity contribution in [1.29, 1.82) is 0 Å². The van der Waals surface area contributed by atoms with Gasteiger partial charge in [0, 0.05) is 32.7 Å². The van der Waals surface area contributed by atoms with E-state index in [9.17, 15) is 14.4 Å². The summed E-state index contributed by atoms with van der Waals surface area (Å²) in [6, 6.07) is 5.00. The quantitative estimate of drug-likeness (QED) is 0.874. The van der Waals surface area contributed by atoms with Crippen LogP contribution in [0.2, 0.25) is 0 Å². The van der Waals surface area contributed by atoms with E-state index in [0.29, 0.717) is 17.6 Å². The van der Waals surface area contributed by atoms with Crippen molar-refractivity contribution in [1.82, 2.24) is 19.8 Å². The number of imidazole rings is 1. The van der Waals surface area contributed by atoms with Crippen molar-refractivity contribution >= 4 is 23.0 Å². The smallest absolute Gasteiger partial charge is 0.410 e. The van der Waals surface area contributed by atoms with E-state index in [-0.39, 0.29) is 18.1 Å². The van der Waals surface area contributed by atoms with Crippen LogP contribution in [0.1, 0.15) is 31.1 Å². The number of likely N-dealkylation sites (N-methyl/N-ethyl adjacent to an activating group) is 1. The topological polar surface area (TPSA) is 96.4 Å². The maximum atomic E-state index is 12.2. The van der Waals surface area contributed by atoms with Crippen LogP contribution in [0.5, 0.6) is 0 Å². The number of carbonyl (C=O) groups excluding carboxylic acids is 2. The van der Waals surface area contributed by atoms with Gasteiger partial charge in [-0.25, -0.2) is 9.59 Å². The Morgan fingerprint density at radius 1 is 1.32 bits per heavy atom. The van der Waals surface area contributed by atoms with Gasteiger partial charge in [0.25, 0.3) is 5.91 Å². The summed E-state index contributed by atoms with van der Waals surface area (Å²) in [6.07, 6.45) is -0.440. The van der Waals surface area contributed by atoms with Crippen molar-refractivity contribution in [2.45, 2.75) is 26.4 Å². The van der Waals surface area contributed by atoms with Crippen LogP contribution in [-0.4, -0.2) is 52.2 Å². The average molecular weight is 348 g/mol. The predicted octanol–water partition coefficient (Wildman–Crippen LogP) is 1.46. The Kier molecular flexibility index (Phi) is 5.20. The van der Waals surface area contributed by atoms with Gasteiger partial charge in [-0.05, 0) is 39.0 Å². The molecular formula is C17H24N4O4. The number of rotatable bonds is 4. The van der Waals surface area contributed by atoms with E-state index in [1.165, 1.54) is 9.47 Å². The van der Waals surface area contributed by atoms with Gasteiger partial charge >= 0.3 is 11.8 Å². The molecule has 2 aromatic rings. The molecule has 2 N–H and O–H groups in total. The van der Waals surface area contributed by atoms with E-state index < -0.39 is 11.7 Å². The number of hydrogen-bond acceptors (Lipinski definition) is 4. The van der Waals surface area contributed by atoms with Crippen molar-refractivity contribution < 1.29 is 14.3 Å². The van der Waals surface area contributed by atoms with Crippen molar-refractivity contribution in [2.24, 2.45) is 7.05 Å². The lowest BCUT2D eigenvalue weighted by Gasteiger charge is -2.24. The van der Waals surface area contributed by atoms with Crippen LogP contribution in [0, 0.1) is 0 Å². The highest BCUT2D eigenvalue weighted by Crippen LogP contribution is 2.12. The number of nitrogens with zero attached hydrogens (tertiary/aromatic N) is 2. The lowest BCUT2D eigenvalue weighted by molar-refractivity contribution is 0.0299. The fraction of sp³-hybridized carbons (Fsp3) is 0.471. The van der Waals surface area contributed by atoms with E-state index in [2.05, 4.69) is 10.3 Å². The first-order valence-corrected chi connectivity index (χ1v) is 7.99. The first-order valence-electron chi connectivity index (χ1n) is 7.99. The fourth-order valence-corrected chi connectivity index (χ4v) is 2.25. The van der Waals surface area contributed by atoms with E-state index >= 15 is 0 Å². The van der Waals surface area contributed by atoms with Crippen LogP contribution in [0.4, 0.5) is 4.79 Å². The van der Waals surface area contributed by atoms with E-state index in [4.69, 9.17) is 4.74 Å². The first-order chi connectivity index (χ1) is 11.6. The number of hydrogen-bond donors (Lipinski definition) is 2. The lowest BCUT2D eigenvalue weighted by Crippen LogP contribution is -2.39. The minimum atomic E-state index is -0.559. The third kappa shape index (κ3) is 4.62. The highest BCUT2D eigenvalue weighted by Gasteiger charge is 2.19. The molecule has 1 aromatic heterocycles. The van der Waals surface area contributed by atoms with Crippen LogP contribution >= 0.6 is 0 Å². The number of ether oxygens (including phenoxy) is 1. The summed E-state index contributed by atoms with van der Waals surface area (Å²) in [5.74, 6) is -0.274. The number of amides is 2. The third-order valence-electron chi connectivity index (χ3n) is 3.60. The maximum Gasteiger partial charge on any atom is 0.410 e. The molecule has 136 valence electrons. The van der Waals surface area contributed by atoms with Crippen LogP contribution < -0.4 is 11.0 Å². The van der Waals surface area contributed by atoms with Gasteiger partial charge < -0.3 is 19.9 Å². The number of nitrogens with one attached hydrogen (secondary N) is 2. The van der Waals surface area contributed by atoms with E-state index in [1.54, 1.807) is 53.1 Å². The summed E-state index contributed by atoms with van der Waals surface area (Å²) in [5.41, 5.74) is 0.981. The monoisotopic (exact) mass is 348 g/mol. The highest BCUT2D eigenvalue weighted by atomic mass is 16.6. The summed E-state index contributed by atoms with van der Waals surface area (Å²) in [7, 11) is 3.27. The van der Waals surface area contributed by atoms with Gasteiger partial charge in [-0.1, -0.05) is 0 Å². The van der Waals surface area contributed by atoms with Gasteiger partial charge in [0.1, 0.15) is 5.60 Å². The standard InChI is InChI=1S/C17H24N4O4/c1-17(2,3)25-16(24)20(4)9-8-18-14(22)11-6-7-13-12(10-11)19-15(23)21(13)5/h6-7,10H,8-9H2,1-5H3,(H,18,22)(H,19,23). The minimum absolute atomic E-state index is 0.230. The summed E-state index contributed by atoms with van der Waals surface area (Å²) in [4.78, 5) is 39.7. The van der Waals surface area contributed by atoms with Crippen LogP contribution in [-0.2, 0) is 11.8 Å². The SMILES string of the molecule is CN(CCNC(=O)c1ccc2c(c1)[nH]c(=O)n2C)C(=O)OC(C)(C)C. The first kappa shape index (κ1) is 18.6. The van der Waals surface area contributed by atoms with E-state index in [0.717, 1.165) is 5.52 Å². The zero-order valence-electron chi connectivity index (χ0n) is 15.2. The predicted molar refractivity (Wildman–Crippen MR) is 94.7 cm³/mol. The fourth-order valence-electron chi connectivity index (χ4n) is 2.25. The minimum Gasteiger partial charge on any atom is -0.444 e. The second kappa shape index (κ2) is 7.00. The molecule has 25 heavy (non-hydrogen) atoms. The third-order valence-corrected chi connectivity index (χ3v) is 3.60. The molecule has 0 radical (unpaired) electrons. The number of fused-ring (bicyclic) bond motifs is 1. The molecule has 0 unspecified atom stereocenters. The molecular weight excluding hydrogens is 324 g/mol. The number of benzene rings is 1. The van der Waals surface area contributed by atoms with Gasteiger partial charge in [-0.3, -0.25) is 9.36 Å². The van der Waals surface area contributed by atoms with Gasteiger partial charge in [-0.15, -0.1) is 0 Å². The number of aryl methyl sites for hydroxylation is 1. The molecule has 2 amide bonds. The molecule has 0 saturated carbocycles. The zero-order valence-corrected chi connectivity index (χ0v) is 15.2. The number of H-pyrrole nitrogens is 1. The number of carbonyl (C=O) groups is 2. The molecule has 0 saturated heterocycles. The molecule has 0 aliphatic rings. The Morgan fingerprint density at radius 2 is 2.00 bits per heavy atom. The molecule has 0 aliphatic heterocycles. The Hall–Kier alpha value is -2.77. The zero-order chi connectivity index (χ0) is 18.8. The molecule has 0 fully saturated rings. The summed E-state index contributed by atoms with van der Waals surface area (Å²) < 4.78 is 6.72. The molecule has 8 heteroatoms. The molecule has 8 nitrogen and oxygen atoms in total. The maximum absolute atomic E-state index is 12.2. The second-order valence-electron chi connectivity index (χ2n) is 6.88. The van der Waals surface area contributed by atoms with Gasteiger partial charge in [0.05, 0.1) is 11.0 Å². The average Bonchev–Trinajstić information content (AvgIpc) is 2.79. The van der Waals surface area contributed by atoms with Crippen molar-refractivity contribution in [3.05, 3.63) is 34.2 Å². The van der Waals surface area contributed by atoms with E-state index in [1.807, 2.05) is 0 Å². The number of aromatic amines is 1. The molecule has 0 aliphatic carbocycles. The Labute approximate surface area is 145 Å². The Morgan fingerprint density at radius 3 is 2.64 bits per heavy atom. The molecule has 2 rings (SSSR count). The molecule has 0 atom stereocenters. The highest BCUT2D eigenvalue weighted by molar-refractivity contribution is 5.97. The molecule has 0 spiro atoms. The molecule has 1 heterocycles. The second-order valence-corrected chi connectivity index (χ2v) is 6.88. The van der Waals surface area contributed by atoms with Crippen molar-refractivity contribution in [3.63, 3.8) is 0 Å². The summed E-state index contributed by atoms with van der Waals surface area (Å²) >= 11 is 0. The molecule has 0 bridgehead atoms. The van der Waals surface area contributed by atoms with Gasteiger partial charge in [-0.2, -0.15) is 0 Å². The summed E-state index contributed by atoms with van der Waals surface area (Å²) in [5, 5.41) is 2.75. The normalized spacial score (nSPS) is 11.4. The van der Waals surface area contributed by atoms with Crippen molar-refractivity contribution in [2.75, 3.05) is 20.1 Å². The van der Waals surface area contributed by atoms with Crippen LogP contribution in [0.15, 0.2) is 23.0 Å². The lowest BCUT2D eigenvalue weighted by atomic mass is 10.2.